The van der Waals surface area contributed by atoms with Gasteiger partial charge in [0.15, 0.2) is 11.2 Å². The number of amides is 1. The van der Waals surface area contributed by atoms with Crippen molar-refractivity contribution in [2.75, 3.05) is 19.0 Å². The highest BCUT2D eigenvalue weighted by atomic mass is 32.1. The Bertz CT molecular complexity index is 1270. The Hall–Kier alpha value is -3.83. The van der Waals surface area contributed by atoms with Crippen LogP contribution in [0.5, 0.6) is 0 Å². The molecule has 0 saturated carbocycles. The van der Waals surface area contributed by atoms with Gasteiger partial charge in [-0.05, 0) is 30.3 Å². The Morgan fingerprint density at radius 1 is 1.22 bits per heavy atom. The van der Waals surface area contributed by atoms with Gasteiger partial charge in [-0.25, -0.2) is 14.2 Å². The number of aliphatic carboxylic acids is 1. The van der Waals surface area contributed by atoms with Gasteiger partial charge in [0.05, 0.1) is 16.8 Å². The van der Waals surface area contributed by atoms with Crippen LogP contribution in [0.25, 0.3) is 21.5 Å². The van der Waals surface area contributed by atoms with E-state index in [1.165, 1.54) is 36.6 Å². The number of carbonyl (C=O) groups is 2. The van der Waals surface area contributed by atoms with Crippen molar-refractivity contribution in [2.45, 2.75) is 6.04 Å². The smallest absolute Gasteiger partial charge is 0.328 e. The third-order valence-corrected chi connectivity index (χ3v) is 5.39. The summed E-state index contributed by atoms with van der Waals surface area (Å²) in [5.41, 5.74) is 2.57. The SMILES string of the molecule is COC[C@H](NC(=O)c1cc(-c2ccc(Nc3nc4ccc(F)cc4s3)cc2)no1)C(=O)O. The molecule has 0 saturated heterocycles. The maximum atomic E-state index is 13.4. The van der Waals surface area contributed by atoms with E-state index in [4.69, 9.17) is 14.4 Å². The van der Waals surface area contributed by atoms with E-state index >= 15 is 0 Å². The zero-order chi connectivity index (χ0) is 22.7. The van der Waals surface area contributed by atoms with Gasteiger partial charge in [-0.15, -0.1) is 0 Å². The van der Waals surface area contributed by atoms with E-state index in [9.17, 15) is 14.0 Å². The maximum absolute atomic E-state index is 13.4. The second-order valence-electron chi connectivity index (χ2n) is 6.73. The van der Waals surface area contributed by atoms with E-state index in [1.807, 2.05) is 0 Å². The van der Waals surface area contributed by atoms with E-state index in [-0.39, 0.29) is 18.2 Å². The van der Waals surface area contributed by atoms with Crippen LogP contribution in [0.4, 0.5) is 15.2 Å². The van der Waals surface area contributed by atoms with Crippen molar-refractivity contribution in [2.24, 2.45) is 0 Å². The van der Waals surface area contributed by atoms with Crippen molar-refractivity contribution in [1.29, 1.82) is 0 Å². The molecule has 2 heterocycles. The van der Waals surface area contributed by atoms with Crippen LogP contribution in [-0.4, -0.2) is 46.9 Å². The highest BCUT2D eigenvalue weighted by Crippen LogP contribution is 2.29. The summed E-state index contributed by atoms with van der Waals surface area (Å²) in [6.07, 6.45) is 0. The third kappa shape index (κ3) is 4.74. The maximum Gasteiger partial charge on any atom is 0.328 e. The minimum absolute atomic E-state index is 0.119. The molecule has 164 valence electrons. The summed E-state index contributed by atoms with van der Waals surface area (Å²) in [4.78, 5) is 27.8. The lowest BCUT2D eigenvalue weighted by molar-refractivity contribution is -0.140. The molecule has 11 heteroatoms. The number of fused-ring (bicyclic) bond motifs is 1. The average molecular weight is 456 g/mol. The first-order valence-electron chi connectivity index (χ1n) is 9.36. The first-order chi connectivity index (χ1) is 15.4. The van der Waals surface area contributed by atoms with Crippen molar-refractivity contribution in [3.05, 3.63) is 60.1 Å². The van der Waals surface area contributed by atoms with Crippen LogP contribution in [0.1, 0.15) is 10.6 Å². The van der Waals surface area contributed by atoms with E-state index < -0.39 is 17.9 Å². The number of carbonyl (C=O) groups excluding carboxylic acids is 1. The van der Waals surface area contributed by atoms with Crippen LogP contribution >= 0.6 is 11.3 Å². The van der Waals surface area contributed by atoms with Crippen LogP contribution in [0.3, 0.4) is 0 Å². The van der Waals surface area contributed by atoms with Crippen molar-refractivity contribution >= 4 is 44.2 Å². The Morgan fingerprint density at radius 3 is 2.72 bits per heavy atom. The Kier molecular flexibility index (Phi) is 6.10. The summed E-state index contributed by atoms with van der Waals surface area (Å²) in [5, 5.41) is 19.1. The molecule has 2 aromatic carbocycles. The number of ether oxygens (including phenoxy) is 1. The molecular formula is C21H17FN4O5S. The summed E-state index contributed by atoms with van der Waals surface area (Å²) in [6.45, 7) is -0.180. The third-order valence-electron chi connectivity index (χ3n) is 4.45. The van der Waals surface area contributed by atoms with Crippen LogP contribution in [-0.2, 0) is 9.53 Å². The Balaban J connectivity index is 1.44. The molecule has 0 spiro atoms. The molecule has 4 rings (SSSR count). The summed E-state index contributed by atoms with van der Waals surface area (Å²) in [7, 11) is 1.34. The number of anilines is 2. The summed E-state index contributed by atoms with van der Waals surface area (Å²) >= 11 is 1.34. The zero-order valence-electron chi connectivity index (χ0n) is 16.7. The molecule has 0 radical (unpaired) electrons. The number of thiazole rings is 1. The minimum Gasteiger partial charge on any atom is -0.480 e. The van der Waals surface area contributed by atoms with Crippen LogP contribution in [0.2, 0.25) is 0 Å². The standard InChI is InChI=1S/C21H17FN4O5S/c1-30-10-16(20(28)29)24-19(27)17-9-15(26-31-17)11-2-5-13(6-3-11)23-21-25-14-7-4-12(22)8-18(14)32-21/h2-9,16H,10H2,1H3,(H,23,25)(H,24,27)(H,28,29)/t16-/m0/s1. The number of benzene rings is 2. The van der Waals surface area contributed by atoms with Crippen molar-refractivity contribution in [3.8, 4) is 11.3 Å². The molecular weight excluding hydrogens is 439 g/mol. The highest BCUT2D eigenvalue weighted by molar-refractivity contribution is 7.22. The van der Waals surface area contributed by atoms with Crippen LogP contribution in [0, 0.1) is 5.82 Å². The molecule has 9 nitrogen and oxygen atoms in total. The topological polar surface area (TPSA) is 127 Å². The average Bonchev–Trinajstić information content (AvgIpc) is 3.40. The second-order valence-corrected chi connectivity index (χ2v) is 7.76. The molecule has 32 heavy (non-hydrogen) atoms. The van der Waals surface area contributed by atoms with E-state index in [2.05, 4.69) is 20.8 Å². The van der Waals surface area contributed by atoms with Gasteiger partial charge in [-0.2, -0.15) is 0 Å². The number of carboxylic acid groups (broad SMARTS) is 1. The largest absolute Gasteiger partial charge is 0.480 e. The van der Waals surface area contributed by atoms with Crippen molar-refractivity contribution in [1.82, 2.24) is 15.5 Å². The van der Waals surface area contributed by atoms with Gasteiger partial charge in [-0.3, -0.25) is 4.79 Å². The molecule has 1 atom stereocenters. The lowest BCUT2D eigenvalue weighted by Gasteiger charge is -2.11. The molecule has 3 N–H and O–H groups in total. The molecule has 1 amide bonds. The Labute approximate surface area is 184 Å². The number of hydrogen-bond donors (Lipinski definition) is 3. The van der Waals surface area contributed by atoms with E-state index in [0.717, 1.165) is 10.4 Å². The summed E-state index contributed by atoms with van der Waals surface area (Å²) in [6, 6.07) is 11.8. The fraction of sp³-hybridized carbons (Fsp3) is 0.143. The van der Waals surface area contributed by atoms with Gasteiger partial charge in [0.25, 0.3) is 5.91 Å². The minimum atomic E-state index is -1.22. The van der Waals surface area contributed by atoms with E-state index in [0.29, 0.717) is 21.9 Å². The first kappa shape index (κ1) is 21.4. The fourth-order valence-corrected chi connectivity index (χ4v) is 3.80. The lowest BCUT2D eigenvalue weighted by Crippen LogP contribution is -2.43. The predicted molar refractivity (Wildman–Crippen MR) is 116 cm³/mol. The number of rotatable bonds is 8. The number of nitrogens with one attached hydrogen (secondary N) is 2. The normalized spacial score (nSPS) is 11.9. The number of carboxylic acids is 1. The predicted octanol–water partition coefficient (Wildman–Crippen LogP) is 3.66. The molecule has 0 bridgehead atoms. The number of nitrogens with zero attached hydrogens (tertiary/aromatic N) is 2. The first-order valence-corrected chi connectivity index (χ1v) is 10.2. The monoisotopic (exact) mass is 456 g/mol. The molecule has 0 aliphatic heterocycles. The Morgan fingerprint density at radius 2 is 2.00 bits per heavy atom. The number of hydrogen-bond acceptors (Lipinski definition) is 8. The zero-order valence-corrected chi connectivity index (χ0v) is 17.5. The van der Waals surface area contributed by atoms with Gasteiger partial charge < -0.3 is 25.0 Å². The van der Waals surface area contributed by atoms with Gasteiger partial charge in [0.2, 0.25) is 5.76 Å². The van der Waals surface area contributed by atoms with Gasteiger partial charge in [-0.1, -0.05) is 28.6 Å². The molecule has 0 unspecified atom stereocenters. The number of aromatic nitrogens is 2. The second kappa shape index (κ2) is 9.12. The molecule has 0 fully saturated rings. The van der Waals surface area contributed by atoms with Crippen molar-refractivity contribution < 1.29 is 28.3 Å². The molecule has 2 aromatic heterocycles. The quantitative estimate of drug-likeness (QED) is 0.367. The molecule has 0 aliphatic carbocycles. The van der Waals surface area contributed by atoms with E-state index in [1.54, 1.807) is 30.3 Å². The number of halogens is 1. The van der Waals surface area contributed by atoms with Crippen LogP contribution in [0.15, 0.2) is 53.1 Å². The summed E-state index contributed by atoms with van der Waals surface area (Å²) in [5.74, 6) is -2.36. The molecule has 0 aliphatic rings. The fourth-order valence-electron chi connectivity index (χ4n) is 2.89. The lowest BCUT2D eigenvalue weighted by atomic mass is 10.1. The van der Waals surface area contributed by atoms with Gasteiger partial charge >= 0.3 is 5.97 Å². The number of methoxy groups -OCH3 is 1. The summed E-state index contributed by atoms with van der Waals surface area (Å²) < 4.78 is 23.9. The van der Waals surface area contributed by atoms with Gasteiger partial charge in [0, 0.05) is 24.4 Å². The highest BCUT2D eigenvalue weighted by Gasteiger charge is 2.23. The molecule has 4 aromatic rings. The van der Waals surface area contributed by atoms with Crippen LogP contribution < -0.4 is 10.6 Å². The van der Waals surface area contributed by atoms with Crippen molar-refractivity contribution in [3.63, 3.8) is 0 Å². The van der Waals surface area contributed by atoms with Gasteiger partial charge in [0.1, 0.15) is 11.5 Å².